The molecule has 23 heavy (non-hydrogen) atoms. The van der Waals surface area contributed by atoms with Gasteiger partial charge in [-0.05, 0) is 37.6 Å². The smallest absolute Gasteiger partial charge is 0.239 e. The van der Waals surface area contributed by atoms with Crippen LogP contribution in [0, 0.1) is 0 Å². The third-order valence-corrected chi connectivity index (χ3v) is 4.11. The fraction of sp³-hybridized carbons (Fsp3) is 0.533. The first-order valence-corrected chi connectivity index (χ1v) is 7.77. The first-order valence-electron chi connectivity index (χ1n) is 7.40. The van der Waals surface area contributed by atoms with Crippen molar-refractivity contribution in [1.29, 1.82) is 0 Å². The highest BCUT2D eigenvalue weighted by atomic mass is 35.5. The van der Waals surface area contributed by atoms with Crippen LogP contribution in [0.5, 0.6) is 5.75 Å². The molecule has 0 radical (unpaired) electrons. The SMILES string of the molecule is Cl.Cl.O=C(CN1CCOc2ccc(Cl)cc21)N[C@H]1CCCNC1. The van der Waals surface area contributed by atoms with Crippen molar-refractivity contribution in [2.75, 3.05) is 37.7 Å². The minimum atomic E-state index is 0. The summed E-state index contributed by atoms with van der Waals surface area (Å²) in [5, 5.41) is 7.05. The number of ether oxygens (including phenoxy) is 1. The quantitative estimate of drug-likeness (QED) is 0.842. The summed E-state index contributed by atoms with van der Waals surface area (Å²) in [7, 11) is 0. The van der Waals surface area contributed by atoms with Gasteiger partial charge in [-0.15, -0.1) is 24.8 Å². The van der Waals surface area contributed by atoms with Crippen LogP contribution >= 0.6 is 36.4 Å². The summed E-state index contributed by atoms with van der Waals surface area (Å²) >= 11 is 6.04. The van der Waals surface area contributed by atoms with Gasteiger partial charge in [-0.2, -0.15) is 0 Å². The molecule has 0 bridgehead atoms. The minimum absolute atomic E-state index is 0. The molecular weight excluding hydrogens is 361 g/mol. The average Bonchev–Trinajstić information content (AvgIpc) is 2.49. The van der Waals surface area contributed by atoms with Crippen molar-refractivity contribution in [3.8, 4) is 5.75 Å². The van der Waals surface area contributed by atoms with E-state index in [1.165, 1.54) is 0 Å². The highest BCUT2D eigenvalue weighted by molar-refractivity contribution is 6.31. The summed E-state index contributed by atoms with van der Waals surface area (Å²) in [5.41, 5.74) is 0.894. The van der Waals surface area contributed by atoms with Gasteiger partial charge >= 0.3 is 0 Å². The number of nitrogens with zero attached hydrogens (tertiary/aromatic N) is 1. The molecule has 0 aliphatic carbocycles. The lowest BCUT2D eigenvalue weighted by atomic mass is 10.1. The van der Waals surface area contributed by atoms with E-state index in [9.17, 15) is 4.79 Å². The normalized spacial score (nSPS) is 19.5. The van der Waals surface area contributed by atoms with Crippen molar-refractivity contribution >= 4 is 48.0 Å². The predicted octanol–water partition coefficient (Wildman–Crippen LogP) is 2.25. The molecule has 1 fully saturated rings. The second kappa shape index (κ2) is 9.42. The maximum absolute atomic E-state index is 12.2. The van der Waals surface area contributed by atoms with E-state index in [1.54, 1.807) is 6.07 Å². The van der Waals surface area contributed by atoms with Crippen molar-refractivity contribution in [3.63, 3.8) is 0 Å². The van der Waals surface area contributed by atoms with Crippen LogP contribution in [0.4, 0.5) is 5.69 Å². The molecule has 3 rings (SSSR count). The Morgan fingerprint density at radius 1 is 1.43 bits per heavy atom. The number of piperidine rings is 1. The van der Waals surface area contributed by atoms with E-state index in [1.807, 2.05) is 17.0 Å². The summed E-state index contributed by atoms with van der Waals surface area (Å²) in [6.45, 7) is 3.53. The van der Waals surface area contributed by atoms with Crippen molar-refractivity contribution in [3.05, 3.63) is 23.2 Å². The summed E-state index contributed by atoms with van der Waals surface area (Å²) < 4.78 is 5.60. The van der Waals surface area contributed by atoms with E-state index < -0.39 is 0 Å². The number of benzene rings is 1. The topological polar surface area (TPSA) is 53.6 Å². The summed E-state index contributed by atoms with van der Waals surface area (Å²) in [5.74, 6) is 0.842. The number of amides is 1. The molecule has 2 heterocycles. The maximum Gasteiger partial charge on any atom is 0.239 e. The van der Waals surface area contributed by atoms with Gasteiger partial charge in [-0.25, -0.2) is 0 Å². The Kier molecular flexibility index (Phi) is 8.26. The summed E-state index contributed by atoms with van der Waals surface area (Å²) in [4.78, 5) is 14.2. The largest absolute Gasteiger partial charge is 0.490 e. The van der Waals surface area contributed by atoms with Gasteiger partial charge in [-0.1, -0.05) is 11.6 Å². The van der Waals surface area contributed by atoms with Crippen LogP contribution in [0.3, 0.4) is 0 Å². The number of rotatable bonds is 3. The van der Waals surface area contributed by atoms with Gasteiger partial charge in [0.25, 0.3) is 0 Å². The van der Waals surface area contributed by atoms with Crippen molar-refractivity contribution in [1.82, 2.24) is 10.6 Å². The molecule has 1 amide bonds. The monoisotopic (exact) mass is 381 g/mol. The third kappa shape index (κ3) is 5.31. The lowest BCUT2D eigenvalue weighted by Crippen LogP contribution is -2.49. The maximum atomic E-state index is 12.2. The van der Waals surface area contributed by atoms with E-state index >= 15 is 0 Å². The molecule has 8 heteroatoms. The Bertz CT molecular complexity index is 525. The van der Waals surface area contributed by atoms with Gasteiger partial charge in [0, 0.05) is 17.6 Å². The Labute approximate surface area is 153 Å². The molecule has 130 valence electrons. The second-order valence-electron chi connectivity index (χ2n) is 5.49. The van der Waals surface area contributed by atoms with Gasteiger partial charge in [-0.3, -0.25) is 4.79 Å². The van der Waals surface area contributed by atoms with E-state index in [0.717, 1.165) is 37.4 Å². The molecular formula is C15H22Cl3N3O2. The number of nitrogens with one attached hydrogen (secondary N) is 2. The van der Waals surface area contributed by atoms with Crippen LogP contribution in [0.2, 0.25) is 5.02 Å². The van der Waals surface area contributed by atoms with E-state index in [2.05, 4.69) is 10.6 Å². The van der Waals surface area contributed by atoms with Gasteiger partial charge < -0.3 is 20.3 Å². The Balaban J connectivity index is 0.00000132. The number of anilines is 1. The van der Waals surface area contributed by atoms with E-state index in [4.69, 9.17) is 16.3 Å². The summed E-state index contributed by atoms with van der Waals surface area (Å²) in [6, 6.07) is 5.75. The highest BCUT2D eigenvalue weighted by Gasteiger charge is 2.22. The number of halogens is 3. The molecule has 2 aliphatic heterocycles. The molecule has 0 spiro atoms. The lowest BCUT2D eigenvalue weighted by molar-refractivity contribution is -0.120. The van der Waals surface area contributed by atoms with Crippen LogP contribution in [0.1, 0.15) is 12.8 Å². The molecule has 0 aromatic heterocycles. The number of fused-ring (bicyclic) bond motifs is 1. The highest BCUT2D eigenvalue weighted by Crippen LogP contribution is 2.33. The van der Waals surface area contributed by atoms with Gasteiger partial charge in [0.1, 0.15) is 12.4 Å². The molecule has 1 atom stereocenters. The van der Waals surface area contributed by atoms with Crippen LogP contribution in [-0.2, 0) is 4.79 Å². The number of hydrogen-bond donors (Lipinski definition) is 2. The van der Waals surface area contributed by atoms with Crippen molar-refractivity contribution in [2.45, 2.75) is 18.9 Å². The fourth-order valence-electron chi connectivity index (χ4n) is 2.83. The zero-order valence-corrected chi connectivity index (χ0v) is 15.1. The molecule has 0 saturated carbocycles. The molecule has 1 saturated heterocycles. The number of carbonyl (C=O) groups is 1. The Hall–Kier alpha value is -0.880. The van der Waals surface area contributed by atoms with Crippen LogP contribution in [0.15, 0.2) is 18.2 Å². The second-order valence-corrected chi connectivity index (χ2v) is 5.93. The first kappa shape index (κ1) is 20.2. The molecule has 5 nitrogen and oxygen atoms in total. The third-order valence-electron chi connectivity index (χ3n) is 3.88. The van der Waals surface area contributed by atoms with E-state index in [0.29, 0.717) is 24.7 Å². The van der Waals surface area contributed by atoms with Gasteiger partial charge in [0.15, 0.2) is 0 Å². The average molecular weight is 383 g/mol. The summed E-state index contributed by atoms with van der Waals surface area (Å²) in [6.07, 6.45) is 2.16. The van der Waals surface area contributed by atoms with Crippen molar-refractivity contribution < 1.29 is 9.53 Å². The standard InChI is InChI=1S/C15H20ClN3O2.2ClH/c16-11-3-4-14-13(8-11)19(6-7-21-14)10-15(20)18-12-2-1-5-17-9-12;;/h3-4,8,12,17H,1-2,5-7,9-10H2,(H,18,20);2*1H/t12-;;/m0../s1. The molecule has 0 unspecified atom stereocenters. The first-order chi connectivity index (χ1) is 10.2. The van der Waals surface area contributed by atoms with Gasteiger partial charge in [0.05, 0.1) is 18.8 Å². The lowest BCUT2D eigenvalue weighted by Gasteiger charge is -2.32. The molecule has 1 aromatic rings. The zero-order valence-electron chi connectivity index (χ0n) is 12.7. The number of carbonyl (C=O) groups excluding carboxylic acids is 1. The molecule has 1 aromatic carbocycles. The molecule has 2 aliphatic rings. The van der Waals surface area contributed by atoms with Crippen LogP contribution in [-0.4, -0.2) is 44.7 Å². The fourth-order valence-corrected chi connectivity index (χ4v) is 3.00. The van der Waals surface area contributed by atoms with Crippen LogP contribution < -0.4 is 20.3 Å². The van der Waals surface area contributed by atoms with Crippen LogP contribution in [0.25, 0.3) is 0 Å². The Morgan fingerprint density at radius 2 is 2.26 bits per heavy atom. The molecule has 2 N–H and O–H groups in total. The zero-order chi connectivity index (χ0) is 14.7. The minimum Gasteiger partial charge on any atom is -0.490 e. The number of hydrogen-bond acceptors (Lipinski definition) is 4. The van der Waals surface area contributed by atoms with E-state index in [-0.39, 0.29) is 36.8 Å². The predicted molar refractivity (Wildman–Crippen MR) is 97.7 cm³/mol. The Morgan fingerprint density at radius 3 is 3.00 bits per heavy atom. The van der Waals surface area contributed by atoms with Gasteiger partial charge in [0.2, 0.25) is 5.91 Å². The van der Waals surface area contributed by atoms with Crippen molar-refractivity contribution in [2.24, 2.45) is 0 Å².